The fourth-order valence-electron chi connectivity index (χ4n) is 2.35. The molecule has 0 N–H and O–H groups in total. The fourth-order valence-corrected chi connectivity index (χ4v) is 2.35. The number of carbonyl (C=O) groups is 1. The van der Waals surface area contributed by atoms with Gasteiger partial charge in [-0.1, -0.05) is 6.07 Å². The molecule has 0 saturated carbocycles. The summed E-state index contributed by atoms with van der Waals surface area (Å²) in [7, 11) is 1.73. The Labute approximate surface area is 121 Å². The first-order valence-electron chi connectivity index (χ1n) is 6.68. The maximum Gasteiger partial charge on any atom is 0.339 e. The summed E-state index contributed by atoms with van der Waals surface area (Å²) in [5, 5.41) is 2.86. The highest BCUT2D eigenvalue weighted by Gasteiger charge is 2.08. The lowest BCUT2D eigenvalue weighted by molar-refractivity contribution is -0.116. The van der Waals surface area contributed by atoms with Crippen LogP contribution in [0.5, 0.6) is 0 Å². The van der Waals surface area contributed by atoms with Crippen LogP contribution in [-0.4, -0.2) is 13.0 Å². The van der Waals surface area contributed by atoms with Gasteiger partial charge < -0.3 is 9.32 Å². The molecule has 0 fully saturated rings. The van der Waals surface area contributed by atoms with Gasteiger partial charge in [0.25, 0.3) is 0 Å². The van der Waals surface area contributed by atoms with Gasteiger partial charge in [-0.05, 0) is 48.0 Å². The van der Waals surface area contributed by atoms with E-state index in [-0.39, 0.29) is 11.5 Å². The predicted molar refractivity (Wildman–Crippen MR) is 83.8 cm³/mol. The molecule has 1 amide bonds. The third-order valence-corrected chi connectivity index (χ3v) is 3.71. The highest BCUT2D eigenvalue weighted by molar-refractivity contribution is 5.99. The van der Waals surface area contributed by atoms with Crippen molar-refractivity contribution in [3.8, 4) is 0 Å². The number of rotatable bonds is 1. The number of hydrogen-bond acceptors (Lipinski definition) is 3. The van der Waals surface area contributed by atoms with Crippen LogP contribution in [0.2, 0.25) is 0 Å². The molecule has 2 aromatic carbocycles. The normalized spacial score (nSPS) is 11.0. The minimum Gasteiger partial charge on any atom is -0.423 e. The Morgan fingerprint density at radius 1 is 1.05 bits per heavy atom. The summed E-state index contributed by atoms with van der Waals surface area (Å²) in [6, 6.07) is 11.4. The molecule has 0 saturated heterocycles. The molecule has 4 heteroatoms. The zero-order valence-electron chi connectivity index (χ0n) is 12.1. The van der Waals surface area contributed by atoms with Crippen LogP contribution in [0.25, 0.3) is 21.7 Å². The van der Waals surface area contributed by atoms with Gasteiger partial charge in [-0.15, -0.1) is 0 Å². The number of hydrogen-bond donors (Lipinski definition) is 0. The van der Waals surface area contributed by atoms with Crippen molar-refractivity contribution in [3.05, 3.63) is 52.4 Å². The summed E-state index contributed by atoms with van der Waals surface area (Å²) in [6.07, 6.45) is 0. The van der Waals surface area contributed by atoms with Crippen LogP contribution >= 0.6 is 0 Å². The van der Waals surface area contributed by atoms with Crippen molar-refractivity contribution >= 4 is 33.3 Å². The Morgan fingerprint density at radius 2 is 1.81 bits per heavy atom. The van der Waals surface area contributed by atoms with E-state index < -0.39 is 0 Å². The molecule has 3 rings (SSSR count). The standard InChI is InChI=1S/C17H15NO3/c1-10-6-14-7-12-4-5-15(18(3)11(2)19)8-13(12)9-16(14)21-17(10)20/h4-9H,1-3H3. The van der Waals surface area contributed by atoms with Crippen LogP contribution < -0.4 is 10.5 Å². The topological polar surface area (TPSA) is 50.5 Å². The van der Waals surface area contributed by atoms with Gasteiger partial charge in [-0.3, -0.25) is 4.79 Å². The second-order valence-corrected chi connectivity index (χ2v) is 5.22. The first kappa shape index (κ1) is 13.4. The zero-order chi connectivity index (χ0) is 15.1. The molecular formula is C17H15NO3. The lowest BCUT2D eigenvalue weighted by Crippen LogP contribution is -2.22. The van der Waals surface area contributed by atoms with Crippen LogP contribution in [0.4, 0.5) is 5.69 Å². The van der Waals surface area contributed by atoms with Crippen LogP contribution in [-0.2, 0) is 4.79 Å². The SMILES string of the molecule is CC(=O)N(C)c1ccc2cc3cc(C)c(=O)oc3cc2c1. The molecule has 0 unspecified atom stereocenters. The number of benzene rings is 2. The van der Waals surface area contributed by atoms with E-state index in [4.69, 9.17) is 4.42 Å². The second-order valence-electron chi connectivity index (χ2n) is 5.22. The Morgan fingerprint density at radius 3 is 2.52 bits per heavy atom. The average molecular weight is 281 g/mol. The minimum absolute atomic E-state index is 0.0303. The highest BCUT2D eigenvalue weighted by Crippen LogP contribution is 2.26. The summed E-state index contributed by atoms with van der Waals surface area (Å²) in [5.41, 5.74) is 1.64. The van der Waals surface area contributed by atoms with E-state index in [0.717, 1.165) is 21.8 Å². The van der Waals surface area contributed by atoms with Gasteiger partial charge in [0.15, 0.2) is 0 Å². The van der Waals surface area contributed by atoms with Crippen molar-refractivity contribution in [1.82, 2.24) is 0 Å². The largest absolute Gasteiger partial charge is 0.423 e. The van der Waals surface area contributed by atoms with E-state index in [1.54, 1.807) is 18.9 Å². The zero-order valence-corrected chi connectivity index (χ0v) is 12.1. The molecule has 0 aliphatic rings. The van der Waals surface area contributed by atoms with E-state index in [2.05, 4.69) is 0 Å². The number of nitrogens with zero attached hydrogens (tertiary/aromatic N) is 1. The highest BCUT2D eigenvalue weighted by atomic mass is 16.4. The van der Waals surface area contributed by atoms with E-state index >= 15 is 0 Å². The van der Waals surface area contributed by atoms with E-state index in [1.165, 1.54) is 6.92 Å². The second kappa shape index (κ2) is 4.74. The smallest absolute Gasteiger partial charge is 0.339 e. The van der Waals surface area contributed by atoms with Crippen molar-refractivity contribution in [2.24, 2.45) is 0 Å². The molecule has 1 aromatic heterocycles. The molecule has 0 aliphatic heterocycles. The molecule has 1 heterocycles. The molecule has 0 aliphatic carbocycles. The number of anilines is 1. The Kier molecular flexibility index (Phi) is 3.01. The molecule has 4 nitrogen and oxygen atoms in total. The molecule has 0 radical (unpaired) electrons. The van der Waals surface area contributed by atoms with Crippen LogP contribution in [0, 0.1) is 6.92 Å². The fraction of sp³-hybridized carbons (Fsp3) is 0.176. The average Bonchev–Trinajstić information content (AvgIpc) is 2.45. The van der Waals surface area contributed by atoms with E-state index in [9.17, 15) is 9.59 Å². The van der Waals surface area contributed by atoms with E-state index in [0.29, 0.717) is 11.1 Å². The number of amides is 1. The van der Waals surface area contributed by atoms with Crippen molar-refractivity contribution < 1.29 is 9.21 Å². The molecular weight excluding hydrogens is 266 g/mol. The van der Waals surface area contributed by atoms with Crippen LogP contribution in [0.1, 0.15) is 12.5 Å². The van der Waals surface area contributed by atoms with Crippen LogP contribution in [0.3, 0.4) is 0 Å². The maximum absolute atomic E-state index is 11.6. The molecule has 3 aromatic rings. The lowest BCUT2D eigenvalue weighted by Gasteiger charge is -2.15. The third kappa shape index (κ3) is 2.29. The van der Waals surface area contributed by atoms with Crippen LogP contribution in [0.15, 0.2) is 45.6 Å². The summed E-state index contributed by atoms with van der Waals surface area (Å²) >= 11 is 0. The number of fused-ring (bicyclic) bond motifs is 2. The lowest BCUT2D eigenvalue weighted by atomic mass is 10.1. The first-order valence-corrected chi connectivity index (χ1v) is 6.68. The molecule has 0 spiro atoms. The minimum atomic E-state index is -0.321. The first-order chi connectivity index (χ1) is 9.95. The van der Waals surface area contributed by atoms with Gasteiger partial charge >= 0.3 is 5.63 Å². The van der Waals surface area contributed by atoms with E-state index in [1.807, 2.05) is 36.4 Å². The van der Waals surface area contributed by atoms with Crippen molar-refractivity contribution in [2.45, 2.75) is 13.8 Å². The van der Waals surface area contributed by atoms with Gasteiger partial charge in [-0.2, -0.15) is 0 Å². The molecule has 0 atom stereocenters. The van der Waals surface area contributed by atoms with Crippen molar-refractivity contribution in [3.63, 3.8) is 0 Å². The predicted octanol–water partition coefficient (Wildman–Crippen LogP) is 3.24. The Balaban J connectivity index is 2.26. The number of carbonyl (C=O) groups excluding carboxylic acids is 1. The van der Waals surface area contributed by atoms with Gasteiger partial charge in [0.1, 0.15) is 5.58 Å². The quantitative estimate of drug-likeness (QED) is 0.508. The third-order valence-electron chi connectivity index (χ3n) is 3.71. The molecule has 21 heavy (non-hydrogen) atoms. The van der Waals surface area contributed by atoms with Gasteiger partial charge in [0.05, 0.1) is 0 Å². The Hall–Kier alpha value is -2.62. The summed E-state index contributed by atoms with van der Waals surface area (Å²) in [4.78, 5) is 24.6. The molecule has 0 bridgehead atoms. The summed E-state index contributed by atoms with van der Waals surface area (Å²) < 4.78 is 5.31. The van der Waals surface area contributed by atoms with Gasteiger partial charge in [0.2, 0.25) is 5.91 Å². The number of aryl methyl sites for hydroxylation is 1. The van der Waals surface area contributed by atoms with Crippen molar-refractivity contribution in [2.75, 3.05) is 11.9 Å². The summed E-state index contributed by atoms with van der Waals surface area (Å²) in [5.74, 6) is -0.0303. The summed E-state index contributed by atoms with van der Waals surface area (Å²) in [6.45, 7) is 3.26. The van der Waals surface area contributed by atoms with Crippen molar-refractivity contribution in [1.29, 1.82) is 0 Å². The van der Waals surface area contributed by atoms with Gasteiger partial charge in [0, 0.05) is 30.6 Å². The molecule has 106 valence electrons. The monoisotopic (exact) mass is 281 g/mol. The maximum atomic E-state index is 11.6. The Bertz CT molecular complexity index is 924. The van der Waals surface area contributed by atoms with Gasteiger partial charge in [-0.25, -0.2) is 4.79 Å².